The molecule has 0 saturated carbocycles. The van der Waals surface area contributed by atoms with Crippen molar-refractivity contribution < 1.29 is 35.1 Å². The maximum Gasteiger partial charge on any atom is 0.416 e. The number of nitrogens with one attached hydrogen (secondary N) is 1. The summed E-state index contributed by atoms with van der Waals surface area (Å²) < 4.78 is 98.4. The van der Waals surface area contributed by atoms with Gasteiger partial charge in [-0.3, -0.25) is 0 Å². The van der Waals surface area contributed by atoms with Crippen LogP contribution in [0.5, 0.6) is 0 Å². The van der Waals surface area contributed by atoms with Crippen molar-refractivity contribution in [1.29, 1.82) is 0 Å². The zero-order valence-electron chi connectivity index (χ0n) is 16.4. The molecule has 1 atom stereocenters. The van der Waals surface area contributed by atoms with Gasteiger partial charge in [-0.25, -0.2) is 27.2 Å². The summed E-state index contributed by atoms with van der Waals surface area (Å²) in [6, 6.07) is 1.92. The number of H-pyrrole nitrogens is 1. The number of ether oxygens (including phenoxy) is 1. The number of hydrogen-bond acceptors (Lipinski definition) is 7. The number of aryl methyl sites for hydroxylation is 1. The van der Waals surface area contributed by atoms with Crippen LogP contribution in [0.25, 0.3) is 11.0 Å². The van der Waals surface area contributed by atoms with E-state index in [1.54, 1.807) is 0 Å². The maximum absolute atomic E-state index is 14.2. The summed E-state index contributed by atoms with van der Waals surface area (Å²) in [5, 5.41) is 0. The molecule has 3 heterocycles. The molecule has 1 aromatic carbocycles. The highest BCUT2D eigenvalue weighted by atomic mass is 32.2. The first-order valence-corrected chi connectivity index (χ1v) is 10.7. The van der Waals surface area contributed by atoms with Crippen LogP contribution in [-0.4, -0.2) is 55.3 Å². The molecule has 0 bridgehead atoms. The summed E-state index contributed by atoms with van der Waals surface area (Å²) in [5.74, 6) is -2.60. The van der Waals surface area contributed by atoms with Crippen molar-refractivity contribution in [3.8, 4) is 0 Å². The van der Waals surface area contributed by atoms with Crippen molar-refractivity contribution in [3.63, 3.8) is 0 Å². The Morgan fingerprint density at radius 1 is 1.25 bits per heavy atom. The van der Waals surface area contributed by atoms with Crippen LogP contribution in [0.1, 0.15) is 5.82 Å². The molecule has 8 nitrogen and oxygen atoms in total. The number of aromatic amines is 1. The number of anilines is 2. The summed E-state index contributed by atoms with van der Waals surface area (Å²) in [7, 11) is -4.69. The molecule has 32 heavy (non-hydrogen) atoms. The van der Waals surface area contributed by atoms with Gasteiger partial charge in [0.1, 0.15) is 44.1 Å². The number of nitrogens with two attached hydrogens (primary N) is 1. The second kappa shape index (κ2) is 7.55. The van der Waals surface area contributed by atoms with E-state index in [2.05, 4.69) is 15.0 Å². The minimum absolute atomic E-state index is 0.0158. The lowest BCUT2D eigenvalue weighted by Crippen LogP contribution is -2.49. The lowest BCUT2D eigenvalue weighted by molar-refractivity contribution is -0.221. The number of hydrogen-bond donors (Lipinski definition) is 2. The minimum Gasteiger partial charge on any atom is -0.384 e. The molecule has 1 aliphatic rings. The van der Waals surface area contributed by atoms with Gasteiger partial charge in [-0.05, 0) is 25.1 Å². The quantitative estimate of drug-likeness (QED) is 0.558. The fourth-order valence-corrected chi connectivity index (χ4v) is 5.05. The third-order valence-corrected chi connectivity index (χ3v) is 6.75. The van der Waals surface area contributed by atoms with E-state index in [9.17, 15) is 30.4 Å². The van der Waals surface area contributed by atoms with Crippen LogP contribution in [0.3, 0.4) is 0 Å². The maximum atomic E-state index is 14.2. The van der Waals surface area contributed by atoms with Gasteiger partial charge in [0.25, 0.3) is 0 Å². The van der Waals surface area contributed by atoms with Gasteiger partial charge in [-0.2, -0.15) is 13.2 Å². The molecular formula is C18H16F5N5O3S. The molecule has 0 unspecified atom stereocenters. The molecule has 0 radical (unpaired) electrons. The average Bonchev–Trinajstić information content (AvgIpc) is 3.04. The van der Waals surface area contributed by atoms with Crippen LogP contribution in [0.15, 0.2) is 28.0 Å². The SMILES string of the molecule is Cc1nc(N2CCO[C@H](C(F)(F)F)C2)c2[nH]c(N)c(S(=O)(=O)c3cc(F)ccc3F)c2n1. The number of aromatic nitrogens is 3. The Balaban J connectivity index is 1.89. The van der Waals surface area contributed by atoms with Gasteiger partial charge in [-0.15, -0.1) is 0 Å². The van der Waals surface area contributed by atoms with Crippen LogP contribution in [0.2, 0.25) is 0 Å². The average molecular weight is 477 g/mol. The molecule has 1 saturated heterocycles. The van der Waals surface area contributed by atoms with Gasteiger partial charge in [0.15, 0.2) is 11.9 Å². The van der Waals surface area contributed by atoms with Gasteiger partial charge < -0.3 is 20.4 Å². The second-order valence-electron chi connectivity index (χ2n) is 7.11. The lowest BCUT2D eigenvalue weighted by Gasteiger charge is -2.34. The van der Waals surface area contributed by atoms with Gasteiger partial charge in [0.2, 0.25) is 9.84 Å². The van der Waals surface area contributed by atoms with Crippen molar-refractivity contribution in [3.05, 3.63) is 35.7 Å². The Morgan fingerprint density at radius 3 is 2.66 bits per heavy atom. The molecule has 0 spiro atoms. The molecule has 0 aliphatic carbocycles. The number of rotatable bonds is 3. The normalized spacial score (nSPS) is 17.8. The summed E-state index contributed by atoms with van der Waals surface area (Å²) >= 11 is 0. The first-order valence-electron chi connectivity index (χ1n) is 9.18. The summed E-state index contributed by atoms with van der Waals surface area (Å²) in [4.78, 5) is 10.5. The summed E-state index contributed by atoms with van der Waals surface area (Å²) in [6.07, 6.45) is -6.68. The Hall–Kier alpha value is -3.00. The van der Waals surface area contributed by atoms with E-state index in [0.717, 1.165) is 6.07 Å². The van der Waals surface area contributed by atoms with Gasteiger partial charge in [0, 0.05) is 6.54 Å². The predicted molar refractivity (Wildman–Crippen MR) is 103 cm³/mol. The van der Waals surface area contributed by atoms with Gasteiger partial charge in [0.05, 0.1) is 13.2 Å². The van der Waals surface area contributed by atoms with Crippen molar-refractivity contribution in [2.24, 2.45) is 0 Å². The number of alkyl halides is 3. The molecule has 1 fully saturated rings. The smallest absolute Gasteiger partial charge is 0.384 e. The van der Waals surface area contributed by atoms with E-state index < -0.39 is 55.9 Å². The highest BCUT2D eigenvalue weighted by molar-refractivity contribution is 7.92. The van der Waals surface area contributed by atoms with E-state index in [1.165, 1.54) is 11.8 Å². The largest absolute Gasteiger partial charge is 0.416 e. The number of halogens is 5. The Bertz CT molecular complexity index is 1310. The number of sulfone groups is 1. The van der Waals surface area contributed by atoms with E-state index >= 15 is 0 Å². The minimum atomic E-state index is -4.69. The van der Waals surface area contributed by atoms with E-state index in [4.69, 9.17) is 10.5 Å². The number of benzene rings is 1. The first-order chi connectivity index (χ1) is 14.9. The van der Waals surface area contributed by atoms with Crippen molar-refractivity contribution in [2.45, 2.75) is 29.0 Å². The molecule has 3 N–H and O–H groups in total. The number of nitrogen functional groups attached to an aromatic ring is 1. The Kier molecular flexibility index (Phi) is 5.24. The highest BCUT2D eigenvalue weighted by Crippen LogP contribution is 2.37. The topological polar surface area (TPSA) is 114 Å². The zero-order chi connectivity index (χ0) is 23.4. The molecular weight excluding hydrogens is 461 g/mol. The molecule has 172 valence electrons. The summed E-state index contributed by atoms with van der Waals surface area (Å²) in [5.41, 5.74) is 5.57. The van der Waals surface area contributed by atoms with Crippen LogP contribution < -0.4 is 10.6 Å². The molecule has 2 aromatic heterocycles. The first kappa shape index (κ1) is 22.2. The van der Waals surface area contributed by atoms with Crippen LogP contribution in [-0.2, 0) is 14.6 Å². The molecule has 0 amide bonds. The Morgan fingerprint density at radius 2 is 1.97 bits per heavy atom. The predicted octanol–water partition coefficient (Wildman–Crippen LogP) is 2.73. The fraction of sp³-hybridized carbons (Fsp3) is 0.333. The molecule has 1 aliphatic heterocycles. The second-order valence-corrected chi connectivity index (χ2v) is 8.97. The highest BCUT2D eigenvalue weighted by Gasteiger charge is 2.44. The number of fused-ring (bicyclic) bond motifs is 1. The Labute approximate surface area is 178 Å². The van der Waals surface area contributed by atoms with E-state index in [-0.39, 0.29) is 35.8 Å². The van der Waals surface area contributed by atoms with E-state index in [1.807, 2.05) is 0 Å². The number of morpholine rings is 1. The van der Waals surface area contributed by atoms with Crippen LogP contribution in [0.4, 0.5) is 33.6 Å². The third kappa shape index (κ3) is 3.72. The van der Waals surface area contributed by atoms with Crippen molar-refractivity contribution in [1.82, 2.24) is 15.0 Å². The van der Waals surface area contributed by atoms with Gasteiger partial charge >= 0.3 is 6.18 Å². The molecule has 4 rings (SSSR count). The third-order valence-electron chi connectivity index (χ3n) is 4.90. The fourth-order valence-electron chi connectivity index (χ4n) is 3.49. The molecule has 14 heteroatoms. The van der Waals surface area contributed by atoms with Crippen molar-refractivity contribution in [2.75, 3.05) is 30.3 Å². The van der Waals surface area contributed by atoms with Gasteiger partial charge in [-0.1, -0.05) is 0 Å². The van der Waals surface area contributed by atoms with Crippen LogP contribution in [0, 0.1) is 18.6 Å². The standard InChI is InChI=1S/C18H16F5N5O3S/c1-8-25-13-14(17(26-8)28-4-5-31-12(7-28)18(21,22)23)27-16(24)15(13)32(29,30)11-6-9(19)2-3-10(11)20/h2-3,6,12,27H,4-5,7,24H2,1H3/t12-/m0/s1. The summed E-state index contributed by atoms with van der Waals surface area (Å²) in [6.45, 7) is 0.615. The lowest BCUT2D eigenvalue weighted by atomic mass is 10.2. The monoisotopic (exact) mass is 477 g/mol. The number of nitrogens with zero attached hydrogens (tertiary/aromatic N) is 3. The van der Waals surface area contributed by atoms with Crippen molar-refractivity contribution >= 4 is 32.5 Å². The molecule has 3 aromatic rings. The van der Waals surface area contributed by atoms with E-state index in [0.29, 0.717) is 12.1 Å². The zero-order valence-corrected chi connectivity index (χ0v) is 17.2. The van der Waals surface area contributed by atoms with Crippen LogP contribution >= 0.6 is 0 Å².